The summed E-state index contributed by atoms with van der Waals surface area (Å²) >= 11 is 0. The van der Waals surface area contributed by atoms with E-state index in [1.54, 1.807) is 13.0 Å². The number of carbonyl (C=O) groups is 4. The average Bonchev–Trinajstić information content (AvgIpc) is 2.94. The van der Waals surface area contributed by atoms with Crippen LogP contribution in [0.3, 0.4) is 0 Å². The minimum absolute atomic E-state index is 0.0347. The first-order valence-electron chi connectivity index (χ1n) is 14.9. The normalized spacial score (nSPS) is 9.80. The molecule has 0 bridgehead atoms. The van der Waals surface area contributed by atoms with Gasteiger partial charge >= 0.3 is 23.2 Å². The summed E-state index contributed by atoms with van der Waals surface area (Å²) in [5.41, 5.74) is 0. The number of aliphatic hydroxyl groups excluding tert-OH is 1. The summed E-state index contributed by atoms with van der Waals surface area (Å²) in [6, 6.07) is 0. The number of rotatable bonds is 20. The van der Waals surface area contributed by atoms with Gasteiger partial charge in [-0.15, -0.1) is 6.58 Å². The number of Topliss-reactive ketones (excluding diaryl/α,β-unsaturated/α-hetero) is 2. The van der Waals surface area contributed by atoms with E-state index in [9.17, 15) is 19.2 Å². The molecule has 0 heterocycles. The molecule has 0 radical (unpaired) electrons. The van der Waals surface area contributed by atoms with Gasteiger partial charge in [0.2, 0.25) is 0 Å². The van der Waals surface area contributed by atoms with E-state index in [2.05, 4.69) is 27.1 Å². The number of hydrogen-bond acceptors (Lipinski definition) is 8. The maximum atomic E-state index is 11.1. The number of unbranched alkanes of at least 4 members (excludes halogenated alkanes) is 4. The van der Waals surface area contributed by atoms with Crippen LogP contribution < -0.4 is 0 Å². The van der Waals surface area contributed by atoms with E-state index >= 15 is 0 Å². The van der Waals surface area contributed by atoms with Crippen molar-refractivity contribution >= 4 is 23.5 Å². The average molecular weight is 589 g/mol. The Morgan fingerprint density at radius 1 is 0.780 bits per heavy atom. The van der Waals surface area contributed by atoms with Crippen molar-refractivity contribution in [3.05, 3.63) is 19.3 Å². The third-order valence-electron chi connectivity index (χ3n) is 4.99. The molecule has 9 nitrogen and oxygen atoms in total. The molecule has 1 atom stereocenters. The molecule has 0 aromatic rings. The maximum absolute atomic E-state index is 11.1. The van der Waals surface area contributed by atoms with Gasteiger partial charge in [0.15, 0.2) is 0 Å². The van der Waals surface area contributed by atoms with Crippen LogP contribution in [0.5, 0.6) is 0 Å². The summed E-state index contributed by atoms with van der Waals surface area (Å²) in [5, 5.41) is 8.07. The van der Waals surface area contributed by atoms with Crippen LogP contribution in [0.2, 0.25) is 0 Å². The van der Waals surface area contributed by atoms with Crippen molar-refractivity contribution in [1.82, 2.24) is 0 Å². The molecule has 0 aliphatic carbocycles. The van der Waals surface area contributed by atoms with Gasteiger partial charge in [0, 0.05) is 32.0 Å². The molecule has 41 heavy (non-hydrogen) atoms. The van der Waals surface area contributed by atoms with Crippen molar-refractivity contribution in [3.8, 4) is 0 Å². The van der Waals surface area contributed by atoms with Crippen LogP contribution in [0.15, 0.2) is 12.7 Å². The third kappa shape index (κ3) is 58.3. The first-order chi connectivity index (χ1) is 19.6. The Morgan fingerprint density at radius 3 is 1.61 bits per heavy atom. The Morgan fingerprint density at radius 2 is 1.24 bits per heavy atom. The Hall–Kier alpha value is -2.32. The van der Waals surface area contributed by atoms with Crippen molar-refractivity contribution in [2.24, 2.45) is 5.92 Å². The zero-order chi connectivity index (χ0) is 32.7. The summed E-state index contributed by atoms with van der Waals surface area (Å²) in [5.74, 6) is -0.506. The van der Waals surface area contributed by atoms with Crippen LogP contribution in [-0.2, 0) is 38.0 Å². The SMILES string of the molecule is C=CCOCCCC.CCCCO.CCCCOC(=O)CC(C)C(C)=O.CCCCOC(=O)CCCC(C)=O.[C-]#[O+]. The van der Waals surface area contributed by atoms with E-state index in [-0.39, 0.29) is 35.8 Å². The van der Waals surface area contributed by atoms with Gasteiger partial charge in [-0.05, 0) is 46.0 Å². The minimum atomic E-state index is -0.267. The molecule has 1 unspecified atom stereocenters. The van der Waals surface area contributed by atoms with Gasteiger partial charge in [-0.25, -0.2) is 0 Å². The molecule has 0 aromatic heterocycles. The predicted molar refractivity (Wildman–Crippen MR) is 163 cm³/mol. The second-order valence-electron chi connectivity index (χ2n) is 9.21. The molecule has 0 fully saturated rings. The quantitative estimate of drug-likeness (QED) is 0.0541. The standard InChI is InChI=1S/2C10H18O3.C7H14O.C4H10O.CO/c1-4-5-6-13-10(12)7-8(2)9(3)11;1-3-4-8-13-10(12)7-5-6-9(2)11;1-3-5-7-8-6-4-2;1-2-3-4-5;1-2/h8H,4-7H2,1-3H3;3-8H2,1-2H3;4H,2-3,5-7H2,1H3;5H,2-4H2,1H3;. The van der Waals surface area contributed by atoms with Gasteiger partial charge in [0.1, 0.15) is 11.6 Å². The van der Waals surface area contributed by atoms with Gasteiger partial charge in [-0.3, -0.25) is 14.4 Å². The van der Waals surface area contributed by atoms with Crippen LogP contribution in [0.1, 0.15) is 126 Å². The fraction of sp³-hybridized carbons (Fsp3) is 0.781. The van der Waals surface area contributed by atoms with Crippen molar-refractivity contribution in [2.75, 3.05) is 33.0 Å². The molecule has 0 aliphatic rings. The van der Waals surface area contributed by atoms with Crippen LogP contribution in [0.25, 0.3) is 0 Å². The molecular weight excluding hydrogens is 528 g/mol. The van der Waals surface area contributed by atoms with Gasteiger partial charge in [-0.2, -0.15) is 0 Å². The van der Waals surface area contributed by atoms with E-state index in [1.807, 2.05) is 13.8 Å². The molecule has 0 aliphatic heterocycles. The first-order valence-corrected chi connectivity index (χ1v) is 14.9. The summed E-state index contributed by atoms with van der Waals surface area (Å²) in [7, 11) is 0. The monoisotopic (exact) mass is 588 g/mol. The number of aliphatic hydroxyl groups is 1. The van der Waals surface area contributed by atoms with Crippen molar-refractivity contribution in [3.63, 3.8) is 0 Å². The number of carbonyl (C=O) groups excluding carboxylic acids is 4. The second-order valence-corrected chi connectivity index (χ2v) is 9.21. The number of ether oxygens (including phenoxy) is 3. The summed E-state index contributed by atoms with van der Waals surface area (Å²) in [6.45, 7) is 24.0. The van der Waals surface area contributed by atoms with Crippen molar-refractivity contribution < 1.29 is 43.1 Å². The van der Waals surface area contributed by atoms with E-state index in [0.29, 0.717) is 45.7 Å². The molecule has 1 N–H and O–H groups in total. The molecule has 0 amide bonds. The van der Waals surface area contributed by atoms with Crippen LogP contribution in [-0.4, -0.2) is 61.6 Å². The number of esters is 2. The van der Waals surface area contributed by atoms with E-state index in [4.69, 9.17) is 24.0 Å². The van der Waals surface area contributed by atoms with Crippen molar-refractivity contribution in [2.45, 2.75) is 126 Å². The first kappa shape index (κ1) is 48.4. The molecule has 0 rings (SSSR count). The fourth-order valence-corrected chi connectivity index (χ4v) is 2.24. The topological polar surface area (TPSA) is 136 Å². The summed E-state index contributed by atoms with van der Waals surface area (Å²) in [4.78, 5) is 43.4. The van der Waals surface area contributed by atoms with E-state index in [1.165, 1.54) is 20.3 Å². The molecule has 242 valence electrons. The molecule has 0 saturated carbocycles. The fourth-order valence-electron chi connectivity index (χ4n) is 2.24. The van der Waals surface area contributed by atoms with Crippen molar-refractivity contribution in [1.29, 1.82) is 0 Å². The molecule has 0 spiro atoms. The predicted octanol–water partition coefficient (Wildman–Crippen LogP) is 6.76. The molecule has 9 heteroatoms. The second kappa shape index (κ2) is 44.7. The Labute approximate surface area is 250 Å². The molecule has 0 aromatic carbocycles. The third-order valence-corrected chi connectivity index (χ3v) is 4.99. The zero-order valence-corrected chi connectivity index (χ0v) is 27.1. The number of ketones is 2. The van der Waals surface area contributed by atoms with Gasteiger partial charge in [0.25, 0.3) is 0 Å². The van der Waals surface area contributed by atoms with Gasteiger partial charge in [-0.1, -0.05) is 66.4 Å². The summed E-state index contributed by atoms with van der Waals surface area (Å²) < 4.78 is 22.4. The van der Waals surface area contributed by atoms with E-state index in [0.717, 1.165) is 51.6 Å². The van der Waals surface area contributed by atoms with Crippen LogP contribution in [0.4, 0.5) is 0 Å². The van der Waals surface area contributed by atoms with E-state index < -0.39 is 0 Å². The van der Waals surface area contributed by atoms with Crippen LogP contribution >= 0.6 is 0 Å². The Balaban J connectivity index is -0.000000145. The van der Waals surface area contributed by atoms with Gasteiger partial charge in [0.05, 0.1) is 26.2 Å². The summed E-state index contributed by atoms with van der Waals surface area (Å²) in [6.07, 6.45) is 11.7. The van der Waals surface area contributed by atoms with Gasteiger partial charge < -0.3 is 24.1 Å². The van der Waals surface area contributed by atoms with Crippen LogP contribution in [0, 0.1) is 12.6 Å². The zero-order valence-electron chi connectivity index (χ0n) is 27.1. The molecule has 0 saturated heterocycles. The number of hydrogen-bond donors (Lipinski definition) is 1. The Bertz CT molecular complexity index is 614. The molecular formula is C32H60O9. The Kier molecular flexibility index (Phi) is 52.8.